The number of carbonyl (C=O) groups excluding carboxylic acids is 1. The summed E-state index contributed by atoms with van der Waals surface area (Å²) < 4.78 is 5.91. The van der Waals surface area contributed by atoms with E-state index in [-0.39, 0.29) is 6.04 Å². The van der Waals surface area contributed by atoms with Crippen molar-refractivity contribution in [2.24, 2.45) is 0 Å². The van der Waals surface area contributed by atoms with Crippen molar-refractivity contribution in [2.75, 3.05) is 39.5 Å². The van der Waals surface area contributed by atoms with Crippen LogP contribution in [0.5, 0.6) is 0 Å². The first-order valence-corrected chi connectivity index (χ1v) is 10.7. The van der Waals surface area contributed by atoms with Gasteiger partial charge in [-0.3, -0.25) is 4.79 Å². The van der Waals surface area contributed by atoms with Crippen molar-refractivity contribution < 1.29 is 9.53 Å². The first-order chi connectivity index (χ1) is 14.5. The van der Waals surface area contributed by atoms with Crippen molar-refractivity contribution in [3.63, 3.8) is 0 Å². The summed E-state index contributed by atoms with van der Waals surface area (Å²) >= 11 is 6.19. The zero-order valence-electron chi connectivity index (χ0n) is 17.7. The summed E-state index contributed by atoms with van der Waals surface area (Å²) in [5.74, 6) is 0.872. The Morgan fingerprint density at radius 3 is 2.90 bits per heavy atom. The molecule has 1 unspecified atom stereocenters. The van der Waals surface area contributed by atoms with Gasteiger partial charge < -0.3 is 20.3 Å². The molecule has 30 heavy (non-hydrogen) atoms. The van der Waals surface area contributed by atoms with Gasteiger partial charge in [-0.1, -0.05) is 29.8 Å². The fourth-order valence-electron chi connectivity index (χ4n) is 3.72. The summed E-state index contributed by atoms with van der Waals surface area (Å²) in [5.41, 5.74) is 10.0. The third-order valence-corrected chi connectivity index (χ3v) is 5.56. The van der Waals surface area contributed by atoms with Crippen LogP contribution < -0.4 is 5.73 Å². The van der Waals surface area contributed by atoms with E-state index in [2.05, 4.69) is 37.2 Å². The lowest BCUT2D eigenvalue weighted by molar-refractivity contribution is -0.118. The number of hydrogen-bond acceptors (Lipinski definition) is 4. The molecule has 1 atom stereocenters. The molecule has 160 valence electrons. The van der Waals surface area contributed by atoms with E-state index in [4.69, 9.17) is 22.1 Å². The van der Waals surface area contributed by atoms with Gasteiger partial charge in [-0.2, -0.15) is 0 Å². The molecule has 1 aromatic carbocycles. The Morgan fingerprint density at radius 1 is 1.30 bits per heavy atom. The predicted octanol–water partition coefficient (Wildman–Crippen LogP) is 4.27. The average Bonchev–Trinajstić information content (AvgIpc) is 2.98. The number of allylic oxidation sites excluding steroid dienone is 3. The zero-order chi connectivity index (χ0) is 21.5. The van der Waals surface area contributed by atoms with Gasteiger partial charge >= 0.3 is 0 Å². The van der Waals surface area contributed by atoms with Crippen molar-refractivity contribution in [3.8, 4) is 0 Å². The molecule has 3 rings (SSSR count). The normalized spacial score (nSPS) is 19.1. The van der Waals surface area contributed by atoms with Crippen LogP contribution in [0, 0.1) is 0 Å². The molecule has 1 aromatic rings. The number of hydrogen-bond donors (Lipinski definition) is 1. The summed E-state index contributed by atoms with van der Waals surface area (Å²) in [5, 5.41) is 0.656. The van der Waals surface area contributed by atoms with Crippen LogP contribution in [0.15, 0.2) is 59.9 Å². The van der Waals surface area contributed by atoms with Crippen molar-refractivity contribution in [1.29, 1.82) is 0 Å². The molecule has 2 aliphatic rings. The fourth-order valence-corrected chi connectivity index (χ4v) is 3.89. The Balaban J connectivity index is 1.75. The molecule has 1 amide bonds. The number of carbonyl (C=O) groups is 1. The maximum atomic E-state index is 11.7. The molecule has 0 spiro atoms. The summed E-state index contributed by atoms with van der Waals surface area (Å²) in [7, 11) is 4.12. The number of nitrogens with zero attached hydrogens (tertiary/aromatic N) is 2. The molecule has 1 aliphatic heterocycles. The van der Waals surface area contributed by atoms with Crippen LogP contribution in [0.2, 0.25) is 5.02 Å². The van der Waals surface area contributed by atoms with Gasteiger partial charge in [-0.15, -0.1) is 0 Å². The third kappa shape index (κ3) is 5.77. The lowest BCUT2D eigenvalue weighted by Gasteiger charge is -2.33. The lowest BCUT2D eigenvalue weighted by atomic mass is 9.91. The number of nitrogen functional groups attached to an aromatic ring is 1. The van der Waals surface area contributed by atoms with Gasteiger partial charge in [0.05, 0.1) is 12.6 Å². The molecule has 5 nitrogen and oxygen atoms in total. The maximum absolute atomic E-state index is 11.7. The Kier molecular flexibility index (Phi) is 7.77. The van der Waals surface area contributed by atoms with Crippen LogP contribution in [0.3, 0.4) is 0 Å². The van der Waals surface area contributed by atoms with E-state index in [1.54, 1.807) is 6.07 Å². The molecule has 0 fully saturated rings. The van der Waals surface area contributed by atoms with E-state index in [0.29, 0.717) is 23.9 Å². The SMILES string of the molecule is CN(C)CCCOC1=CCC=C(C2C=C(c3cc(Cl)ccc3N)CCN2C=O)C=C1. The van der Waals surface area contributed by atoms with Crippen LogP contribution in [-0.4, -0.2) is 56.0 Å². The summed E-state index contributed by atoms with van der Waals surface area (Å²) in [6.07, 6.45) is 13.8. The van der Waals surface area contributed by atoms with Crippen molar-refractivity contribution >= 4 is 29.3 Å². The minimum Gasteiger partial charge on any atom is -0.494 e. The molecule has 1 aliphatic carbocycles. The largest absolute Gasteiger partial charge is 0.494 e. The number of nitrogens with two attached hydrogens (primary N) is 1. The molecule has 6 heteroatoms. The standard InChI is InChI=1S/C24H30ClN3O2/c1-27(2)12-4-14-30-21-6-3-5-18(7-9-21)24-15-19(11-13-28(24)17-29)22-16-20(25)8-10-23(22)26/h5-10,15-17,24H,3-4,11-14,26H2,1-2H3. The molecule has 2 N–H and O–H groups in total. The monoisotopic (exact) mass is 427 g/mol. The van der Waals surface area contributed by atoms with E-state index in [1.807, 2.05) is 29.2 Å². The quantitative estimate of drug-likeness (QED) is 0.382. The number of ether oxygens (including phenoxy) is 1. The molecular formula is C24H30ClN3O2. The Hall–Kier alpha value is -2.50. The second-order valence-electron chi connectivity index (χ2n) is 7.85. The highest BCUT2D eigenvalue weighted by Crippen LogP contribution is 2.33. The first-order valence-electron chi connectivity index (χ1n) is 10.3. The van der Waals surface area contributed by atoms with E-state index in [1.165, 1.54) is 0 Å². The van der Waals surface area contributed by atoms with Crippen LogP contribution >= 0.6 is 11.6 Å². The van der Waals surface area contributed by atoms with Crippen LogP contribution in [-0.2, 0) is 9.53 Å². The summed E-state index contributed by atoms with van der Waals surface area (Å²) in [6.45, 7) is 2.32. The van der Waals surface area contributed by atoms with E-state index in [0.717, 1.165) is 54.7 Å². The van der Waals surface area contributed by atoms with Gasteiger partial charge in [0.2, 0.25) is 6.41 Å². The number of anilines is 1. The number of amides is 1. The van der Waals surface area contributed by atoms with Gasteiger partial charge in [0.1, 0.15) is 5.76 Å². The third-order valence-electron chi connectivity index (χ3n) is 5.32. The van der Waals surface area contributed by atoms with E-state index in [9.17, 15) is 4.79 Å². The summed E-state index contributed by atoms with van der Waals surface area (Å²) in [6, 6.07) is 5.38. The average molecular weight is 428 g/mol. The Bertz CT molecular complexity index is 886. The number of halogens is 1. The molecular weight excluding hydrogens is 398 g/mol. The Labute approximate surface area is 184 Å². The van der Waals surface area contributed by atoms with Gasteiger partial charge in [0, 0.05) is 29.4 Å². The molecule has 0 saturated carbocycles. The van der Waals surface area contributed by atoms with E-state index < -0.39 is 0 Å². The van der Waals surface area contributed by atoms with Gasteiger partial charge in [-0.05, 0) is 74.9 Å². The molecule has 0 aromatic heterocycles. The fraction of sp³-hybridized carbons (Fsp3) is 0.375. The second-order valence-corrected chi connectivity index (χ2v) is 8.28. The zero-order valence-corrected chi connectivity index (χ0v) is 18.4. The van der Waals surface area contributed by atoms with Crippen molar-refractivity contribution in [1.82, 2.24) is 9.80 Å². The van der Waals surface area contributed by atoms with Crippen molar-refractivity contribution in [2.45, 2.75) is 25.3 Å². The lowest BCUT2D eigenvalue weighted by Crippen LogP contribution is -2.37. The van der Waals surface area contributed by atoms with E-state index >= 15 is 0 Å². The van der Waals surface area contributed by atoms with Crippen LogP contribution in [0.1, 0.15) is 24.8 Å². The molecule has 1 heterocycles. The number of benzene rings is 1. The molecule has 0 radical (unpaired) electrons. The highest BCUT2D eigenvalue weighted by molar-refractivity contribution is 6.30. The van der Waals surface area contributed by atoms with Gasteiger partial charge in [-0.25, -0.2) is 0 Å². The van der Waals surface area contributed by atoms with Gasteiger partial charge in [0.25, 0.3) is 0 Å². The highest BCUT2D eigenvalue weighted by Gasteiger charge is 2.24. The van der Waals surface area contributed by atoms with Gasteiger partial charge in [0.15, 0.2) is 0 Å². The number of rotatable bonds is 8. The van der Waals surface area contributed by atoms with Crippen molar-refractivity contribution in [3.05, 3.63) is 70.5 Å². The molecule has 0 saturated heterocycles. The van der Waals surface area contributed by atoms with Crippen LogP contribution in [0.4, 0.5) is 5.69 Å². The smallest absolute Gasteiger partial charge is 0.210 e. The summed E-state index contributed by atoms with van der Waals surface area (Å²) in [4.78, 5) is 15.7. The second kappa shape index (κ2) is 10.5. The minimum absolute atomic E-state index is 0.137. The Morgan fingerprint density at radius 2 is 2.13 bits per heavy atom. The highest BCUT2D eigenvalue weighted by atomic mass is 35.5. The van der Waals surface area contributed by atoms with Crippen LogP contribution in [0.25, 0.3) is 5.57 Å². The maximum Gasteiger partial charge on any atom is 0.210 e. The topological polar surface area (TPSA) is 58.8 Å². The molecule has 0 bridgehead atoms. The first kappa shape index (κ1) is 22.2. The minimum atomic E-state index is -0.137. The predicted molar refractivity (Wildman–Crippen MR) is 124 cm³/mol.